The summed E-state index contributed by atoms with van der Waals surface area (Å²) in [5.41, 5.74) is 0.485. The van der Waals surface area contributed by atoms with Crippen LogP contribution in [0.2, 0.25) is 0 Å². The second-order valence-electron chi connectivity index (χ2n) is 6.54. The summed E-state index contributed by atoms with van der Waals surface area (Å²) in [4.78, 5) is 28.4. The Morgan fingerprint density at radius 3 is 2.61 bits per heavy atom. The fraction of sp³-hybridized carbons (Fsp3) is 0.450. The number of hydrogen-bond acceptors (Lipinski definition) is 5. The first-order chi connectivity index (χ1) is 13.5. The summed E-state index contributed by atoms with van der Waals surface area (Å²) in [6, 6.07) is 8.57. The second-order valence-corrected chi connectivity index (χ2v) is 6.54. The third-order valence-electron chi connectivity index (χ3n) is 4.57. The van der Waals surface area contributed by atoms with E-state index >= 15 is 0 Å². The highest BCUT2D eigenvalue weighted by Gasteiger charge is 2.21. The molecule has 1 aromatic carbocycles. The zero-order chi connectivity index (χ0) is 20.5. The van der Waals surface area contributed by atoms with Gasteiger partial charge in [0.1, 0.15) is 18.1 Å². The largest absolute Gasteiger partial charge is 0.497 e. The van der Waals surface area contributed by atoms with Crippen LogP contribution < -0.4 is 15.0 Å². The van der Waals surface area contributed by atoms with Crippen LogP contribution in [-0.4, -0.2) is 61.7 Å². The number of quaternary nitrogens is 1. The molecule has 0 bridgehead atoms. The Morgan fingerprint density at radius 2 is 2.00 bits per heavy atom. The van der Waals surface area contributed by atoms with Crippen LogP contribution in [0, 0.1) is 6.92 Å². The molecule has 2 N–H and O–H groups in total. The minimum atomic E-state index is -0.320. The molecular formula is C20H29N4O4+. The highest BCUT2D eigenvalue weighted by atomic mass is 16.5. The third-order valence-corrected chi connectivity index (χ3v) is 4.57. The van der Waals surface area contributed by atoms with E-state index in [1.165, 1.54) is 4.90 Å². The Balaban J connectivity index is 2.12. The van der Waals surface area contributed by atoms with Gasteiger partial charge in [0.15, 0.2) is 5.82 Å². The second kappa shape index (κ2) is 10.5. The van der Waals surface area contributed by atoms with Crippen LogP contribution in [0.25, 0.3) is 0 Å². The average Bonchev–Trinajstić information content (AvgIpc) is 3.11. The molecular weight excluding hydrogens is 360 g/mol. The molecule has 8 heteroatoms. The van der Waals surface area contributed by atoms with Gasteiger partial charge in [-0.3, -0.25) is 9.59 Å². The molecule has 0 aliphatic heterocycles. The minimum Gasteiger partial charge on any atom is -0.497 e. The lowest BCUT2D eigenvalue weighted by molar-refractivity contribution is -0.895. The van der Waals surface area contributed by atoms with Crippen LogP contribution in [0.4, 0.5) is 5.82 Å². The van der Waals surface area contributed by atoms with Gasteiger partial charge in [-0.25, -0.2) is 0 Å². The predicted molar refractivity (Wildman–Crippen MR) is 106 cm³/mol. The maximum atomic E-state index is 13.0. The number of amides is 2. The van der Waals surface area contributed by atoms with Gasteiger partial charge in [0.25, 0.3) is 5.91 Å². The van der Waals surface area contributed by atoms with Gasteiger partial charge in [0.05, 0.1) is 33.3 Å². The molecule has 28 heavy (non-hydrogen) atoms. The summed E-state index contributed by atoms with van der Waals surface area (Å²) in [5.74, 6) is 1.01. The van der Waals surface area contributed by atoms with Gasteiger partial charge in [-0.05, 0) is 39.0 Å². The molecule has 1 heterocycles. The molecule has 0 atom stereocenters. The number of hydrogen-bond donors (Lipinski definition) is 2. The van der Waals surface area contributed by atoms with Gasteiger partial charge in [-0.1, -0.05) is 11.2 Å². The molecule has 0 aliphatic rings. The van der Waals surface area contributed by atoms with Gasteiger partial charge in [0.2, 0.25) is 5.91 Å². The van der Waals surface area contributed by atoms with E-state index in [0.717, 1.165) is 19.6 Å². The molecule has 0 aliphatic carbocycles. The van der Waals surface area contributed by atoms with E-state index in [0.29, 0.717) is 29.4 Å². The highest BCUT2D eigenvalue weighted by molar-refractivity contribution is 5.99. The number of likely N-dealkylation sites (N-methyl/N-ethyl adjacent to an activating group) is 1. The van der Waals surface area contributed by atoms with Crippen molar-refractivity contribution in [1.82, 2.24) is 10.1 Å². The summed E-state index contributed by atoms with van der Waals surface area (Å²) in [6.07, 6.45) is 0. The van der Waals surface area contributed by atoms with Crippen molar-refractivity contribution in [2.75, 3.05) is 45.2 Å². The van der Waals surface area contributed by atoms with E-state index in [-0.39, 0.29) is 18.4 Å². The van der Waals surface area contributed by atoms with E-state index in [2.05, 4.69) is 24.3 Å². The molecule has 152 valence electrons. The first kappa shape index (κ1) is 21.4. The molecule has 1 aromatic heterocycles. The van der Waals surface area contributed by atoms with Crippen molar-refractivity contribution in [3.05, 3.63) is 41.7 Å². The Morgan fingerprint density at radius 1 is 1.25 bits per heavy atom. The van der Waals surface area contributed by atoms with Crippen molar-refractivity contribution in [2.24, 2.45) is 0 Å². The molecule has 8 nitrogen and oxygen atoms in total. The molecule has 0 radical (unpaired) electrons. The van der Waals surface area contributed by atoms with Gasteiger partial charge in [-0.2, -0.15) is 0 Å². The van der Waals surface area contributed by atoms with Crippen LogP contribution in [0.3, 0.4) is 0 Å². The number of ether oxygens (including phenoxy) is 1. The Bertz CT molecular complexity index is 786. The zero-order valence-corrected chi connectivity index (χ0v) is 16.9. The predicted octanol–water partition coefficient (Wildman–Crippen LogP) is 0.997. The van der Waals surface area contributed by atoms with E-state index in [9.17, 15) is 9.59 Å². The smallest absolute Gasteiger partial charge is 0.254 e. The fourth-order valence-electron chi connectivity index (χ4n) is 2.87. The van der Waals surface area contributed by atoms with Crippen LogP contribution in [0.5, 0.6) is 5.75 Å². The van der Waals surface area contributed by atoms with Crippen molar-refractivity contribution in [3.8, 4) is 5.75 Å². The van der Waals surface area contributed by atoms with Gasteiger partial charge in [0, 0.05) is 11.6 Å². The number of anilines is 1. The van der Waals surface area contributed by atoms with Crippen molar-refractivity contribution in [3.63, 3.8) is 0 Å². The number of aromatic nitrogens is 1. The van der Waals surface area contributed by atoms with Gasteiger partial charge < -0.3 is 24.4 Å². The first-order valence-electron chi connectivity index (χ1n) is 9.46. The minimum absolute atomic E-state index is 0.0668. The normalized spacial score (nSPS) is 10.8. The standard InChI is InChI=1S/C20H28N4O4/c1-5-23(6-2)10-11-24(14-19(25)21-18-12-15(3)28-22-18)20(26)16-8-7-9-17(13-16)27-4/h7-9,12-13H,5-6,10-11,14H2,1-4H3,(H,21,22,25)/p+1. The molecule has 0 unspecified atom stereocenters. The number of nitrogens with zero attached hydrogens (tertiary/aromatic N) is 2. The van der Waals surface area contributed by atoms with Crippen LogP contribution in [0.15, 0.2) is 34.9 Å². The molecule has 0 saturated heterocycles. The molecule has 2 amide bonds. The lowest BCUT2D eigenvalue weighted by Gasteiger charge is -2.24. The summed E-state index contributed by atoms with van der Waals surface area (Å²) in [5, 5.41) is 6.43. The Hall–Kier alpha value is -2.87. The zero-order valence-electron chi connectivity index (χ0n) is 16.9. The van der Waals surface area contributed by atoms with Gasteiger partial charge in [-0.15, -0.1) is 0 Å². The summed E-state index contributed by atoms with van der Waals surface area (Å²) in [6.45, 7) is 9.04. The maximum Gasteiger partial charge on any atom is 0.254 e. The number of benzene rings is 1. The van der Waals surface area contributed by atoms with Crippen molar-refractivity contribution in [2.45, 2.75) is 20.8 Å². The van der Waals surface area contributed by atoms with Gasteiger partial charge >= 0.3 is 0 Å². The van der Waals surface area contributed by atoms with Crippen molar-refractivity contribution >= 4 is 17.6 Å². The topological polar surface area (TPSA) is 89.1 Å². The molecule has 2 aromatic rings. The van der Waals surface area contributed by atoms with E-state index in [1.54, 1.807) is 49.3 Å². The summed E-state index contributed by atoms with van der Waals surface area (Å²) < 4.78 is 10.2. The number of carbonyl (C=O) groups excluding carboxylic acids is 2. The summed E-state index contributed by atoms with van der Waals surface area (Å²) in [7, 11) is 1.55. The van der Waals surface area contributed by atoms with E-state index < -0.39 is 0 Å². The lowest BCUT2D eigenvalue weighted by Crippen LogP contribution is -3.12. The number of methoxy groups -OCH3 is 1. The maximum absolute atomic E-state index is 13.0. The SMILES string of the molecule is CC[NH+](CC)CCN(CC(=O)Nc1cc(C)on1)C(=O)c1cccc(OC)c1. The lowest BCUT2D eigenvalue weighted by atomic mass is 10.2. The quantitative estimate of drug-likeness (QED) is 0.633. The van der Waals surface area contributed by atoms with Crippen LogP contribution in [0.1, 0.15) is 30.0 Å². The number of rotatable bonds is 10. The van der Waals surface area contributed by atoms with Crippen LogP contribution >= 0.6 is 0 Å². The fourth-order valence-corrected chi connectivity index (χ4v) is 2.87. The average molecular weight is 389 g/mol. The number of aryl methyl sites for hydroxylation is 1. The Labute approximate surface area is 165 Å². The number of nitrogens with one attached hydrogen (secondary N) is 2. The number of carbonyl (C=O) groups is 2. The third kappa shape index (κ3) is 6.09. The monoisotopic (exact) mass is 389 g/mol. The Kier molecular flexibility index (Phi) is 8.01. The van der Waals surface area contributed by atoms with E-state index in [4.69, 9.17) is 9.26 Å². The first-order valence-corrected chi connectivity index (χ1v) is 9.46. The van der Waals surface area contributed by atoms with Crippen molar-refractivity contribution in [1.29, 1.82) is 0 Å². The summed E-state index contributed by atoms with van der Waals surface area (Å²) >= 11 is 0. The molecule has 0 spiro atoms. The highest BCUT2D eigenvalue weighted by Crippen LogP contribution is 2.14. The molecule has 2 rings (SSSR count). The molecule has 0 fully saturated rings. The van der Waals surface area contributed by atoms with Crippen molar-refractivity contribution < 1.29 is 23.7 Å². The van der Waals surface area contributed by atoms with E-state index in [1.807, 2.05) is 0 Å². The molecule has 0 saturated carbocycles. The van der Waals surface area contributed by atoms with Crippen LogP contribution in [-0.2, 0) is 4.79 Å².